The molecule has 1 amide bonds. The first-order valence-corrected chi connectivity index (χ1v) is 7.05. The summed E-state index contributed by atoms with van der Waals surface area (Å²) in [6, 6.07) is 9.15. The topological polar surface area (TPSA) is 72.9 Å². The smallest absolute Gasteiger partial charge is 0.239 e. The average Bonchev–Trinajstić information content (AvgIpc) is 2.82. The summed E-state index contributed by atoms with van der Waals surface area (Å²) in [6.45, 7) is 6.11. The fraction of sp³-hybridized carbons (Fsp3) is 0.333. The van der Waals surface area contributed by atoms with E-state index in [0.29, 0.717) is 10.8 Å². The standard InChI is InChI=1S/C15H19ClN4O/c1-15(2,3)12-8-13(18-14(21)9-17)20(19-12)11-6-4-5-10(16)7-11/h4-8H,9,17H2,1-3H3,(H,18,21). The molecule has 3 N–H and O–H groups in total. The number of hydrogen-bond donors (Lipinski definition) is 2. The minimum atomic E-state index is -0.265. The molecule has 112 valence electrons. The summed E-state index contributed by atoms with van der Waals surface area (Å²) in [5.41, 5.74) is 6.88. The van der Waals surface area contributed by atoms with Crippen molar-refractivity contribution in [2.75, 3.05) is 11.9 Å². The lowest BCUT2D eigenvalue weighted by atomic mass is 9.92. The van der Waals surface area contributed by atoms with Gasteiger partial charge in [-0.05, 0) is 18.2 Å². The number of rotatable bonds is 3. The van der Waals surface area contributed by atoms with Crippen molar-refractivity contribution < 1.29 is 4.79 Å². The predicted molar refractivity (Wildman–Crippen MR) is 85.0 cm³/mol. The number of aromatic nitrogens is 2. The van der Waals surface area contributed by atoms with E-state index in [4.69, 9.17) is 17.3 Å². The predicted octanol–water partition coefficient (Wildman–Crippen LogP) is 2.72. The molecule has 0 saturated carbocycles. The lowest BCUT2D eigenvalue weighted by molar-refractivity contribution is -0.114. The van der Waals surface area contributed by atoms with Crippen molar-refractivity contribution in [3.63, 3.8) is 0 Å². The molecule has 0 atom stereocenters. The number of nitrogens with two attached hydrogens (primary N) is 1. The summed E-state index contributed by atoms with van der Waals surface area (Å²) in [4.78, 5) is 11.6. The van der Waals surface area contributed by atoms with Gasteiger partial charge in [-0.1, -0.05) is 38.4 Å². The first kappa shape index (κ1) is 15.5. The molecule has 5 nitrogen and oxygen atoms in total. The van der Waals surface area contributed by atoms with Gasteiger partial charge in [0.15, 0.2) is 0 Å². The number of nitrogens with one attached hydrogen (secondary N) is 1. The van der Waals surface area contributed by atoms with E-state index in [1.807, 2.05) is 18.2 Å². The maximum Gasteiger partial charge on any atom is 0.239 e. The maximum atomic E-state index is 11.6. The fourth-order valence-corrected chi connectivity index (χ4v) is 2.02. The highest BCUT2D eigenvalue weighted by atomic mass is 35.5. The largest absolute Gasteiger partial charge is 0.322 e. The van der Waals surface area contributed by atoms with Crippen LogP contribution in [0.2, 0.25) is 5.02 Å². The Hall–Kier alpha value is -1.85. The lowest BCUT2D eigenvalue weighted by Crippen LogP contribution is -2.23. The number of carbonyl (C=O) groups is 1. The molecule has 0 aliphatic rings. The second-order valence-electron chi connectivity index (χ2n) is 5.81. The second kappa shape index (κ2) is 5.87. The van der Waals surface area contributed by atoms with Crippen LogP contribution in [0.4, 0.5) is 5.82 Å². The van der Waals surface area contributed by atoms with Crippen molar-refractivity contribution in [2.24, 2.45) is 5.73 Å². The average molecular weight is 307 g/mol. The Kier molecular flexibility index (Phi) is 4.34. The highest BCUT2D eigenvalue weighted by Crippen LogP contribution is 2.27. The molecule has 0 fully saturated rings. The Morgan fingerprint density at radius 1 is 1.38 bits per heavy atom. The van der Waals surface area contributed by atoms with Gasteiger partial charge in [-0.25, -0.2) is 4.68 Å². The number of anilines is 1. The van der Waals surface area contributed by atoms with E-state index in [1.54, 1.807) is 16.8 Å². The Balaban J connectivity index is 2.51. The normalized spacial score (nSPS) is 11.5. The Bertz CT molecular complexity index is 658. The molecular formula is C15H19ClN4O. The summed E-state index contributed by atoms with van der Waals surface area (Å²) in [6.07, 6.45) is 0. The zero-order valence-electron chi connectivity index (χ0n) is 12.4. The van der Waals surface area contributed by atoms with Gasteiger partial charge in [-0.2, -0.15) is 5.10 Å². The van der Waals surface area contributed by atoms with Crippen LogP contribution in [0.25, 0.3) is 5.69 Å². The molecule has 0 bridgehead atoms. The third-order valence-electron chi connectivity index (χ3n) is 2.98. The van der Waals surface area contributed by atoms with Gasteiger partial charge >= 0.3 is 0 Å². The monoisotopic (exact) mass is 306 g/mol. The van der Waals surface area contributed by atoms with E-state index < -0.39 is 0 Å². The van der Waals surface area contributed by atoms with Crippen LogP contribution in [0, 0.1) is 0 Å². The molecular weight excluding hydrogens is 288 g/mol. The first-order chi connectivity index (χ1) is 9.81. The summed E-state index contributed by atoms with van der Waals surface area (Å²) in [5.74, 6) is 0.316. The van der Waals surface area contributed by atoms with E-state index in [-0.39, 0.29) is 17.9 Å². The molecule has 0 radical (unpaired) electrons. The Morgan fingerprint density at radius 2 is 2.10 bits per heavy atom. The van der Waals surface area contributed by atoms with Crippen LogP contribution in [0.5, 0.6) is 0 Å². The van der Waals surface area contributed by atoms with E-state index in [1.165, 1.54) is 0 Å². The van der Waals surface area contributed by atoms with E-state index in [0.717, 1.165) is 11.4 Å². The van der Waals surface area contributed by atoms with Gasteiger partial charge in [0, 0.05) is 16.5 Å². The SMILES string of the molecule is CC(C)(C)c1cc(NC(=O)CN)n(-c2cccc(Cl)c2)n1. The zero-order valence-corrected chi connectivity index (χ0v) is 13.1. The van der Waals surface area contributed by atoms with Gasteiger partial charge in [0.25, 0.3) is 0 Å². The first-order valence-electron chi connectivity index (χ1n) is 6.67. The van der Waals surface area contributed by atoms with E-state index >= 15 is 0 Å². The van der Waals surface area contributed by atoms with E-state index in [2.05, 4.69) is 31.2 Å². The molecule has 0 unspecified atom stereocenters. The number of hydrogen-bond acceptors (Lipinski definition) is 3. The Morgan fingerprint density at radius 3 is 2.67 bits per heavy atom. The number of amides is 1. The Labute approximate surface area is 129 Å². The van der Waals surface area contributed by atoms with Crippen molar-refractivity contribution in [1.29, 1.82) is 0 Å². The van der Waals surface area contributed by atoms with Gasteiger partial charge in [-0.15, -0.1) is 0 Å². The molecule has 0 saturated heterocycles. The lowest BCUT2D eigenvalue weighted by Gasteiger charge is -2.14. The third kappa shape index (κ3) is 3.62. The molecule has 0 aliphatic carbocycles. The van der Waals surface area contributed by atoms with Crippen molar-refractivity contribution in [3.05, 3.63) is 41.0 Å². The van der Waals surface area contributed by atoms with Gasteiger partial charge < -0.3 is 11.1 Å². The fourth-order valence-electron chi connectivity index (χ4n) is 1.84. The molecule has 6 heteroatoms. The number of halogens is 1. The zero-order chi connectivity index (χ0) is 15.6. The summed E-state index contributed by atoms with van der Waals surface area (Å²) in [7, 11) is 0. The molecule has 21 heavy (non-hydrogen) atoms. The van der Waals surface area contributed by atoms with Crippen LogP contribution in [0.1, 0.15) is 26.5 Å². The molecule has 1 aromatic carbocycles. The van der Waals surface area contributed by atoms with Crippen LogP contribution in [-0.4, -0.2) is 22.2 Å². The molecule has 2 aromatic rings. The molecule has 0 spiro atoms. The molecule has 1 heterocycles. The van der Waals surface area contributed by atoms with E-state index in [9.17, 15) is 4.79 Å². The maximum absolute atomic E-state index is 11.6. The quantitative estimate of drug-likeness (QED) is 0.915. The minimum absolute atomic E-state index is 0.0778. The van der Waals surface area contributed by atoms with Gasteiger partial charge in [-0.3, -0.25) is 4.79 Å². The van der Waals surface area contributed by atoms with Crippen LogP contribution in [0.15, 0.2) is 30.3 Å². The molecule has 2 rings (SSSR count). The van der Waals surface area contributed by atoms with Gasteiger partial charge in [0.2, 0.25) is 5.91 Å². The summed E-state index contributed by atoms with van der Waals surface area (Å²) >= 11 is 6.03. The van der Waals surface area contributed by atoms with Crippen LogP contribution in [-0.2, 0) is 10.2 Å². The number of benzene rings is 1. The number of nitrogens with zero attached hydrogens (tertiary/aromatic N) is 2. The van der Waals surface area contributed by atoms with Gasteiger partial charge in [0.05, 0.1) is 17.9 Å². The highest BCUT2D eigenvalue weighted by Gasteiger charge is 2.21. The van der Waals surface area contributed by atoms with Gasteiger partial charge in [0.1, 0.15) is 5.82 Å². The van der Waals surface area contributed by atoms with Crippen molar-refractivity contribution in [1.82, 2.24) is 9.78 Å². The minimum Gasteiger partial charge on any atom is -0.322 e. The van der Waals surface area contributed by atoms with Crippen molar-refractivity contribution in [3.8, 4) is 5.69 Å². The summed E-state index contributed by atoms with van der Waals surface area (Å²) < 4.78 is 1.67. The van der Waals surface area contributed by atoms with Crippen molar-refractivity contribution >= 4 is 23.3 Å². The molecule has 1 aromatic heterocycles. The summed E-state index contributed by atoms with van der Waals surface area (Å²) in [5, 5.41) is 7.95. The number of carbonyl (C=O) groups excluding carboxylic acids is 1. The molecule has 0 aliphatic heterocycles. The highest BCUT2D eigenvalue weighted by molar-refractivity contribution is 6.30. The van der Waals surface area contributed by atoms with Crippen LogP contribution >= 0.6 is 11.6 Å². The van der Waals surface area contributed by atoms with Crippen LogP contribution in [0.3, 0.4) is 0 Å². The van der Waals surface area contributed by atoms with Crippen LogP contribution < -0.4 is 11.1 Å². The third-order valence-corrected chi connectivity index (χ3v) is 3.22. The second-order valence-corrected chi connectivity index (χ2v) is 6.25. The van der Waals surface area contributed by atoms with Crippen molar-refractivity contribution in [2.45, 2.75) is 26.2 Å².